The highest BCUT2D eigenvalue weighted by atomic mass is 35.5. The highest BCUT2D eigenvalue weighted by Crippen LogP contribution is 2.45. The van der Waals surface area contributed by atoms with Crippen molar-refractivity contribution in [2.45, 2.75) is 64.2 Å². The summed E-state index contributed by atoms with van der Waals surface area (Å²) in [4.78, 5) is 25.7. The summed E-state index contributed by atoms with van der Waals surface area (Å²) >= 11 is 7.82. The summed E-state index contributed by atoms with van der Waals surface area (Å²) in [5.74, 6) is -0.556. The molecule has 2 saturated heterocycles. The number of hydrogen-bond acceptors (Lipinski definition) is 7. The lowest BCUT2D eigenvalue weighted by atomic mass is 9.89. The van der Waals surface area contributed by atoms with Gasteiger partial charge in [0.25, 0.3) is 0 Å². The number of carbonyl (C=O) groups is 1. The number of rotatable bonds is 7. The van der Waals surface area contributed by atoms with E-state index in [1.54, 1.807) is 11.3 Å². The highest BCUT2D eigenvalue weighted by molar-refractivity contribution is 7.22. The predicted octanol–water partition coefficient (Wildman–Crippen LogP) is 7.57. The molecule has 46 heavy (non-hydrogen) atoms. The molecular weight excluding hydrogens is 618 g/mol. The van der Waals surface area contributed by atoms with Crippen molar-refractivity contribution in [1.29, 1.82) is 0 Å². The zero-order chi connectivity index (χ0) is 32.3. The van der Waals surface area contributed by atoms with E-state index in [0.717, 1.165) is 87.7 Å². The fraction of sp³-hybridized carbons (Fsp3) is 0.417. The van der Waals surface area contributed by atoms with Crippen LogP contribution in [0.1, 0.15) is 62.3 Å². The number of fused-ring (bicyclic) bond motifs is 2. The van der Waals surface area contributed by atoms with Crippen LogP contribution in [0.2, 0.25) is 5.02 Å². The summed E-state index contributed by atoms with van der Waals surface area (Å²) in [6, 6.07) is 14.4. The van der Waals surface area contributed by atoms with Crippen molar-refractivity contribution < 1.29 is 14.6 Å². The number of aromatic nitrogens is 3. The Morgan fingerprint density at radius 2 is 1.83 bits per heavy atom. The molecule has 0 spiro atoms. The minimum absolute atomic E-state index is 0.476. The van der Waals surface area contributed by atoms with Crippen LogP contribution >= 0.6 is 22.9 Å². The first kappa shape index (κ1) is 31.3. The molecule has 7 rings (SSSR count). The summed E-state index contributed by atoms with van der Waals surface area (Å²) < 4.78 is 9.27. The zero-order valence-corrected chi connectivity index (χ0v) is 28.5. The Kier molecular flexibility index (Phi) is 8.18. The normalized spacial score (nSPS) is 17.5. The van der Waals surface area contributed by atoms with Crippen molar-refractivity contribution >= 4 is 50.2 Å². The molecular formula is C36H40ClN5O3S. The van der Waals surface area contributed by atoms with Gasteiger partial charge in [-0.05, 0) is 107 Å². The molecule has 0 bridgehead atoms. The van der Waals surface area contributed by atoms with Crippen LogP contribution in [-0.4, -0.2) is 68.3 Å². The van der Waals surface area contributed by atoms with E-state index in [9.17, 15) is 9.90 Å². The highest BCUT2D eigenvalue weighted by Gasteiger charge is 2.33. The van der Waals surface area contributed by atoms with Crippen molar-refractivity contribution in [2.75, 3.05) is 26.2 Å². The number of benzene rings is 2. The maximum absolute atomic E-state index is 12.7. The van der Waals surface area contributed by atoms with Gasteiger partial charge in [0.05, 0.1) is 32.5 Å². The second-order valence-electron chi connectivity index (χ2n) is 13.7. The number of piperidine rings is 1. The number of ether oxygens (including phenoxy) is 1. The first-order valence-electron chi connectivity index (χ1n) is 16.0. The number of carboxylic acids is 1. The molecule has 1 atom stereocenters. The van der Waals surface area contributed by atoms with E-state index in [1.165, 1.54) is 5.56 Å². The molecule has 0 aliphatic carbocycles. The molecule has 2 aliphatic rings. The number of halogens is 1. The zero-order valence-electron chi connectivity index (χ0n) is 26.9. The lowest BCUT2D eigenvalue weighted by Crippen LogP contribution is -2.58. The lowest BCUT2D eigenvalue weighted by Gasteiger charge is -2.42. The molecule has 2 N–H and O–H groups in total. The van der Waals surface area contributed by atoms with Crippen LogP contribution in [0.15, 0.2) is 48.7 Å². The van der Waals surface area contributed by atoms with E-state index in [4.69, 9.17) is 26.3 Å². The summed E-state index contributed by atoms with van der Waals surface area (Å²) in [6.07, 6.45) is 3.38. The molecule has 0 amide bonds. The molecule has 10 heteroatoms. The molecule has 0 unspecified atom stereocenters. The third kappa shape index (κ3) is 5.84. The third-order valence-electron chi connectivity index (χ3n) is 9.34. The van der Waals surface area contributed by atoms with E-state index in [-0.39, 0.29) is 0 Å². The summed E-state index contributed by atoms with van der Waals surface area (Å²) in [6.45, 7) is 12.0. The van der Waals surface area contributed by atoms with Gasteiger partial charge in [-0.25, -0.2) is 14.8 Å². The number of likely N-dealkylation sites (tertiary alicyclic amines) is 1. The maximum atomic E-state index is 12.7. The number of nitrogens with one attached hydrogen (secondary N) is 1. The molecule has 2 fully saturated rings. The van der Waals surface area contributed by atoms with Crippen LogP contribution in [0.3, 0.4) is 0 Å². The molecule has 0 saturated carbocycles. The van der Waals surface area contributed by atoms with E-state index in [2.05, 4.69) is 40.2 Å². The van der Waals surface area contributed by atoms with E-state index in [0.29, 0.717) is 22.5 Å². The molecule has 2 aliphatic heterocycles. The van der Waals surface area contributed by atoms with Crippen molar-refractivity contribution in [2.24, 2.45) is 7.05 Å². The minimum atomic E-state index is -1.16. The fourth-order valence-corrected chi connectivity index (χ4v) is 8.18. The number of aryl methyl sites for hydroxylation is 2. The van der Waals surface area contributed by atoms with Gasteiger partial charge in [-0.1, -0.05) is 23.7 Å². The van der Waals surface area contributed by atoms with Gasteiger partial charge in [0, 0.05) is 48.5 Å². The largest absolute Gasteiger partial charge is 0.479 e. The SMILES string of the molecule is Cc1cc2nc(-c3ccc4c(n3)c(C3CCN(C5CNC5)CC3)cn4C)sc2c(-c2ccc(Cl)cc2)c1[C@H](OC(C)(C)C)C(=O)O. The van der Waals surface area contributed by atoms with Crippen LogP contribution in [-0.2, 0) is 16.6 Å². The third-order valence-corrected chi connectivity index (χ3v) is 10.7. The Morgan fingerprint density at radius 3 is 2.46 bits per heavy atom. The topological polar surface area (TPSA) is 92.5 Å². The van der Waals surface area contributed by atoms with Gasteiger partial charge in [0.2, 0.25) is 0 Å². The molecule has 240 valence electrons. The average molecular weight is 658 g/mol. The van der Waals surface area contributed by atoms with Crippen molar-refractivity contribution in [3.05, 3.63) is 70.4 Å². The summed E-state index contributed by atoms with van der Waals surface area (Å²) in [5, 5.41) is 15.2. The van der Waals surface area contributed by atoms with Crippen LogP contribution in [0, 0.1) is 6.92 Å². The lowest BCUT2D eigenvalue weighted by molar-refractivity contribution is -0.160. The Bertz CT molecular complexity index is 1930. The molecule has 5 aromatic rings. The first-order chi connectivity index (χ1) is 22.0. The number of pyridine rings is 1. The number of nitrogens with zero attached hydrogens (tertiary/aromatic N) is 4. The Balaban J connectivity index is 1.33. The van der Waals surface area contributed by atoms with Gasteiger partial charge >= 0.3 is 5.97 Å². The standard InChI is InChI=1S/C36H40ClN5O3S/c1-20-16-27-33(30(22-6-8-23(37)9-7-22)29(20)32(35(43)44)45-36(2,3)4)46-34(40-27)26-10-11-28-31(39-26)25(19-41(28)5)21-12-14-42(15-13-21)24-17-38-18-24/h6-11,16,19,21,24,32,38H,12-15,17-18H2,1-5H3,(H,43,44)/t32-/m0/s1. The van der Waals surface area contributed by atoms with Crippen molar-refractivity contribution in [3.63, 3.8) is 0 Å². The number of carboxylic acid groups (broad SMARTS) is 1. The molecule has 5 heterocycles. The van der Waals surface area contributed by atoms with Gasteiger partial charge in [-0.15, -0.1) is 11.3 Å². The summed E-state index contributed by atoms with van der Waals surface area (Å²) in [5.41, 5.74) is 7.55. The predicted molar refractivity (Wildman–Crippen MR) is 186 cm³/mol. The second kappa shape index (κ2) is 12.0. The first-order valence-corrected chi connectivity index (χ1v) is 17.2. The van der Waals surface area contributed by atoms with Gasteiger partial charge in [-0.3, -0.25) is 4.90 Å². The summed E-state index contributed by atoms with van der Waals surface area (Å²) in [7, 11) is 2.10. The van der Waals surface area contributed by atoms with Crippen molar-refractivity contribution in [3.8, 4) is 21.8 Å². The quantitative estimate of drug-likeness (QED) is 0.187. The van der Waals surface area contributed by atoms with Crippen LogP contribution in [0.25, 0.3) is 43.1 Å². The molecule has 2 aromatic carbocycles. The number of aliphatic carboxylic acids is 1. The van der Waals surface area contributed by atoms with Crippen LogP contribution in [0.4, 0.5) is 0 Å². The molecule has 0 radical (unpaired) electrons. The van der Waals surface area contributed by atoms with Gasteiger partial charge in [0.15, 0.2) is 6.10 Å². The number of thiazole rings is 1. The Labute approximate surface area is 278 Å². The smallest absolute Gasteiger partial charge is 0.337 e. The van der Waals surface area contributed by atoms with Gasteiger partial charge in [-0.2, -0.15) is 0 Å². The Morgan fingerprint density at radius 1 is 1.11 bits per heavy atom. The molecule has 3 aromatic heterocycles. The monoisotopic (exact) mass is 657 g/mol. The van der Waals surface area contributed by atoms with E-state index in [1.807, 2.05) is 58.0 Å². The number of hydrogen-bond donors (Lipinski definition) is 2. The Hall–Kier alpha value is -3.34. The average Bonchev–Trinajstić information content (AvgIpc) is 3.55. The minimum Gasteiger partial charge on any atom is -0.479 e. The van der Waals surface area contributed by atoms with E-state index >= 15 is 0 Å². The van der Waals surface area contributed by atoms with Gasteiger partial charge < -0.3 is 19.7 Å². The maximum Gasteiger partial charge on any atom is 0.337 e. The second-order valence-corrected chi connectivity index (χ2v) is 15.1. The van der Waals surface area contributed by atoms with Crippen LogP contribution in [0.5, 0.6) is 0 Å². The fourth-order valence-electron chi connectivity index (χ4n) is 6.96. The van der Waals surface area contributed by atoms with E-state index < -0.39 is 17.7 Å². The van der Waals surface area contributed by atoms with Gasteiger partial charge in [0.1, 0.15) is 5.01 Å². The molecule has 8 nitrogen and oxygen atoms in total. The van der Waals surface area contributed by atoms with Crippen LogP contribution < -0.4 is 5.32 Å². The van der Waals surface area contributed by atoms with Crippen molar-refractivity contribution in [1.82, 2.24) is 24.8 Å².